The molecule has 0 aliphatic heterocycles. The average Bonchev–Trinajstić information content (AvgIpc) is 3.07. The van der Waals surface area contributed by atoms with Crippen LogP contribution in [0.2, 0.25) is 0 Å². The van der Waals surface area contributed by atoms with Crippen molar-refractivity contribution in [3.8, 4) is 57.5 Å². The Morgan fingerprint density at radius 2 is 0.733 bits per heavy atom. The Labute approximate surface area is 351 Å². The zero-order valence-electron chi connectivity index (χ0n) is 32.0. The van der Waals surface area contributed by atoms with E-state index in [1.54, 1.807) is 0 Å². The monoisotopic (exact) mass is 928 g/mol. The number of benzene rings is 4. The third kappa shape index (κ3) is 13.3. The third-order valence-corrected chi connectivity index (χ3v) is 11.6. The highest BCUT2D eigenvalue weighted by Crippen LogP contribution is 2.43. The van der Waals surface area contributed by atoms with Crippen molar-refractivity contribution in [2.45, 2.75) is 62.1 Å². The summed E-state index contributed by atoms with van der Waals surface area (Å²) in [6, 6.07) is 6.98. The molecule has 4 N–H and O–H groups in total. The van der Waals surface area contributed by atoms with E-state index >= 15 is 0 Å². The maximum atomic E-state index is 12.5. The summed E-state index contributed by atoms with van der Waals surface area (Å²) < 4.78 is 148. The van der Waals surface area contributed by atoms with E-state index in [0.717, 1.165) is 43.5 Å². The van der Waals surface area contributed by atoms with Crippen molar-refractivity contribution in [1.82, 2.24) is 0 Å². The van der Waals surface area contributed by atoms with Crippen molar-refractivity contribution in [3.05, 3.63) is 74.5 Å². The van der Waals surface area contributed by atoms with Crippen LogP contribution >= 0.6 is 0 Å². The summed E-state index contributed by atoms with van der Waals surface area (Å²) in [6.07, 6.45) is 0. The second-order valence-electron chi connectivity index (χ2n) is 10.9. The van der Waals surface area contributed by atoms with Crippen molar-refractivity contribution in [2.75, 3.05) is 27.4 Å². The van der Waals surface area contributed by atoms with Gasteiger partial charge in [-0.05, 0) is 51.0 Å². The predicted octanol–water partition coefficient (Wildman–Crippen LogP) is 5.85. The van der Waals surface area contributed by atoms with Gasteiger partial charge < -0.3 is 48.5 Å². The van der Waals surface area contributed by atoms with Gasteiger partial charge in [-0.15, -0.1) is 0 Å². The molecular formula is C36H48O20S4. The Morgan fingerprint density at radius 3 is 1.05 bits per heavy atom. The molecular weight excluding hydrogens is 881 g/mol. The molecule has 0 saturated carbocycles. The van der Waals surface area contributed by atoms with Gasteiger partial charge in [0, 0.05) is 51.3 Å². The van der Waals surface area contributed by atoms with Crippen LogP contribution in [0.25, 0.3) is 0 Å². The minimum Gasteiger partial charge on any atom is -0.744 e. The summed E-state index contributed by atoms with van der Waals surface area (Å²) in [5.41, 5.74) is 0.265. The second-order valence-corrected chi connectivity index (χ2v) is 16.8. The molecule has 0 unspecified atom stereocenters. The molecule has 0 saturated heterocycles. The van der Waals surface area contributed by atoms with Gasteiger partial charge in [-0.1, -0.05) is 14.9 Å². The molecule has 4 aromatic carbocycles. The molecule has 0 atom stereocenters. The lowest BCUT2D eigenvalue weighted by Gasteiger charge is -2.19. The maximum absolute atomic E-state index is 12.5. The maximum Gasteiger partial charge on any atom is 0.300 e. The number of methoxy groups -OCH3 is 2. The molecule has 0 fully saturated rings. The Balaban J connectivity index is 0. The van der Waals surface area contributed by atoms with Crippen LogP contribution in [-0.2, 0) is 48.8 Å². The van der Waals surface area contributed by atoms with E-state index in [0.29, 0.717) is 12.1 Å². The minimum absolute atomic E-state index is 0. The van der Waals surface area contributed by atoms with Gasteiger partial charge in [0.1, 0.15) is 57.9 Å². The molecule has 0 aliphatic rings. The number of hydrogen-bond acceptors (Lipinski definition) is 20. The summed E-state index contributed by atoms with van der Waals surface area (Å²) in [7, 11) is -16.5. The van der Waals surface area contributed by atoms with Gasteiger partial charge in [0.2, 0.25) is 0 Å². The van der Waals surface area contributed by atoms with Crippen LogP contribution < -0.4 is 18.9 Å². The number of phenolic OH excluding ortho intramolecular Hbond substituents is 4. The van der Waals surface area contributed by atoms with E-state index in [2.05, 4.69) is 0 Å². The van der Waals surface area contributed by atoms with Crippen LogP contribution in [0, 0.1) is 28.7 Å². The van der Waals surface area contributed by atoms with E-state index in [1.807, 2.05) is 0 Å². The van der Waals surface area contributed by atoms with Gasteiger partial charge in [-0.25, -0.2) is 16.8 Å². The van der Waals surface area contributed by atoms with E-state index in [9.17, 15) is 63.2 Å². The number of hydrogen-bond donors (Lipinski definition) is 4. The summed E-state index contributed by atoms with van der Waals surface area (Å²) in [4.78, 5) is -2.81. The normalized spacial score (nSPS) is 11.2. The van der Waals surface area contributed by atoms with Crippen molar-refractivity contribution in [1.29, 1.82) is 0 Å². The van der Waals surface area contributed by atoms with Crippen molar-refractivity contribution < 1.29 is 90.5 Å². The highest BCUT2D eigenvalue weighted by Gasteiger charge is 2.28. The molecule has 24 heteroatoms. The molecule has 0 bridgehead atoms. The first-order valence-corrected chi connectivity index (χ1v) is 21.0. The molecule has 336 valence electrons. The molecule has 20 nitrogen and oxygen atoms in total. The minimum atomic E-state index is -5.13. The van der Waals surface area contributed by atoms with Crippen molar-refractivity contribution in [3.63, 3.8) is 0 Å². The smallest absolute Gasteiger partial charge is 0.300 e. The fraction of sp³-hybridized carbons (Fsp3) is 0.278. The fourth-order valence-electron chi connectivity index (χ4n) is 4.46. The van der Waals surface area contributed by atoms with Crippen LogP contribution in [0.4, 0.5) is 0 Å². The average molecular weight is 929 g/mol. The van der Waals surface area contributed by atoms with Crippen molar-refractivity contribution in [2.24, 2.45) is 0 Å². The van der Waals surface area contributed by atoms with Gasteiger partial charge in [0.25, 0.3) is 0 Å². The van der Waals surface area contributed by atoms with Gasteiger partial charge in [-0.2, -0.15) is 16.8 Å². The van der Waals surface area contributed by atoms with Gasteiger partial charge in [0.05, 0.1) is 32.3 Å². The first-order valence-electron chi connectivity index (χ1n) is 15.4. The zero-order chi connectivity index (χ0) is 42.6. The first kappa shape index (κ1) is 56.8. The highest BCUT2D eigenvalue weighted by molar-refractivity contribution is 7.87. The van der Waals surface area contributed by atoms with Crippen LogP contribution in [0.3, 0.4) is 0 Å². The summed E-state index contributed by atoms with van der Waals surface area (Å²) >= 11 is 0. The predicted molar refractivity (Wildman–Crippen MR) is 215 cm³/mol. The quantitative estimate of drug-likeness (QED) is 0.0655. The number of aryl methyl sites for hydroxylation is 2. The number of aromatic hydroxyl groups is 4. The number of rotatable bonds is 14. The lowest BCUT2D eigenvalue weighted by atomic mass is 10.2. The fourth-order valence-corrected chi connectivity index (χ4v) is 7.87. The summed E-state index contributed by atoms with van der Waals surface area (Å²) in [5.74, 6) is -4.69. The van der Waals surface area contributed by atoms with Gasteiger partial charge in [0.15, 0.2) is 34.5 Å². The Morgan fingerprint density at radius 1 is 0.467 bits per heavy atom. The van der Waals surface area contributed by atoms with Gasteiger partial charge >= 0.3 is 20.2 Å². The molecule has 4 aromatic rings. The van der Waals surface area contributed by atoms with E-state index in [4.69, 9.17) is 27.3 Å². The topological polar surface area (TPSA) is 319 Å². The summed E-state index contributed by atoms with van der Waals surface area (Å²) in [5, 5.41) is 39.6. The van der Waals surface area contributed by atoms with E-state index in [1.165, 1.54) is 34.8 Å². The van der Waals surface area contributed by atoms with Crippen molar-refractivity contribution >= 4 is 40.5 Å². The van der Waals surface area contributed by atoms with E-state index in [-0.39, 0.29) is 71.3 Å². The van der Waals surface area contributed by atoms with Crippen LogP contribution in [0.15, 0.2) is 68.1 Å². The second kappa shape index (κ2) is 21.8. The number of ether oxygens (including phenoxy) is 4. The Hall–Kier alpha value is -5.34. The molecule has 0 aliphatic carbocycles. The Kier molecular flexibility index (Phi) is 20.6. The molecule has 60 heavy (non-hydrogen) atoms. The molecule has 0 aromatic heterocycles. The van der Waals surface area contributed by atoms with E-state index < -0.39 is 100 Å². The first-order chi connectivity index (χ1) is 25.8. The third-order valence-electron chi connectivity index (χ3n) is 7.08. The number of phenols is 4. The molecule has 0 amide bonds. The van der Waals surface area contributed by atoms with Gasteiger partial charge in [-0.3, -0.25) is 8.37 Å². The molecule has 4 rings (SSSR count). The molecule has 0 spiro atoms. The Bertz CT molecular complexity index is 2570. The molecule has 0 heterocycles. The lowest BCUT2D eigenvalue weighted by molar-refractivity contribution is 0.330. The van der Waals surface area contributed by atoms with Crippen LogP contribution in [-0.4, -0.2) is 90.6 Å². The standard InChI is InChI=1S/C18H22O10S2.C14H14O10S2.2CH4.2CH3/c1-5-26-29(21,22)17-7-11(3)12(19)8-15(17)28-16-9-13(20)14(25-4)10-18(16)30(23,24)27-6-2;1-7-3-13(25(17,18)19)11(4-8(7)15)24-12-5-9(16)10(23-2)6-14(12)26(20,21)22;;;;/h7-10,19-20H,5-6H2,1-4H3;3-6,15-16H,1-2H3,(H,17,18,19)(H,20,21,22);2*1H4;2*1H3/q;;;;2*+1/p-2. The lowest BCUT2D eigenvalue weighted by Crippen LogP contribution is -2.10. The highest BCUT2D eigenvalue weighted by atomic mass is 32.2. The summed E-state index contributed by atoms with van der Waals surface area (Å²) in [6.45, 7) is 5.38. The molecule has 0 radical (unpaired) electrons. The SMILES string of the molecule is C.C.CCOS(=O)(=O)c1cc(C)c(O)cc1Oc1cc(O)c(OC)cc1S(=O)(=O)OCC.COc1cc(S(=O)(=O)[O-])c(Oc2cc(O)c(C)cc2S(=O)(=O)[O-])cc1O.[CH3+].[CH3+]. The largest absolute Gasteiger partial charge is 0.744 e. The van der Waals surface area contributed by atoms with Crippen LogP contribution in [0.5, 0.6) is 57.5 Å². The van der Waals surface area contributed by atoms with Crippen LogP contribution in [0.1, 0.15) is 39.8 Å². The zero-order valence-corrected chi connectivity index (χ0v) is 35.3.